The third-order valence-electron chi connectivity index (χ3n) is 8.59. The summed E-state index contributed by atoms with van der Waals surface area (Å²) >= 11 is 0. The molecule has 0 radical (unpaired) electrons. The topological polar surface area (TPSA) is 197 Å². The van der Waals surface area contributed by atoms with Crippen molar-refractivity contribution in [3.8, 4) is 0 Å². The minimum Gasteiger partial charge on any atom is -0.381 e. The third-order valence-corrected chi connectivity index (χ3v) is 13.8. The van der Waals surface area contributed by atoms with Gasteiger partial charge in [-0.05, 0) is 52.9 Å². The van der Waals surface area contributed by atoms with Gasteiger partial charge in [-0.15, -0.1) is 0 Å². The maximum atomic E-state index is 12.6. The molecule has 2 atom stereocenters. The highest BCUT2D eigenvalue weighted by Crippen LogP contribution is 2.29. The predicted octanol–water partition coefficient (Wildman–Crippen LogP) is 4.42. The van der Waals surface area contributed by atoms with Crippen LogP contribution in [0.4, 0.5) is 11.8 Å². The normalized spacial score (nSPS) is 19.5. The highest BCUT2D eigenvalue weighted by atomic mass is 32.2. The second-order valence-electron chi connectivity index (χ2n) is 15.5. The summed E-state index contributed by atoms with van der Waals surface area (Å²) in [5.74, 6) is -1.24. The Labute approximate surface area is 284 Å². The summed E-state index contributed by atoms with van der Waals surface area (Å²) < 4.78 is 68.2. The molecular weight excluding hydrogens is 665 g/mol. The molecular formula is C32H52N4O10S2. The van der Waals surface area contributed by atoms with Crippen LogP contribution < -0.4 is 10.6 Å². The molecule has 4 rings (SSSR count). The molecule has 0 aliphatic carbocycles. The number of aromatic nitrogens is 2. The van der Waals surface area contributed by atoms with Crippen molar-refractivity contribution in [3.63, 3.8) is 0 Å². The fraction of sp³-hybridized carbons (Fsp3) is 0.750. The lowest BCUT2D eigenvalue weighted by atomic mass is 9.92. The number of sulfone groups is 2. The van der Waals surface area contributed by atoms with Crippen LogP contribution in [0.5, 0.6) is 0 Å². The van der Waals surface area contributed by atoms with E-state index in [0.29, 0.717) is 44.1 Å². The molecule has 272 valence electrons. The van der Waals surface area contributed by atoms with Crippen LogP contribution in [-0.2, 0) is 49.6 Å². The number of carbonyl (C=O) groups excluding carboxylic acids is 2. The van der Waals surface area contributed by atoms with Crippen LogP contribution in [0.2, 0.25) is 0 Å². The lowest BCUT2D eigenvalue weighted by molar-refractivity contribution is -0.118. The van der Waals surface area contributed by atoms with Crippen molar-refractivity contribution < 1.29 is 44.9 Å². The van der Waals surface area contributed by atoms with E-state index >= 15 is 0 Å². The van der Waals surface area contributed by atoms with Gasteiger partial charge in [0.1, 0.15) is 9.49 Å². The van der Waals surface area contributed by atoms with Crippen LogP contribution in [0.3, 0.4) is 0 Å². The van der Waals surface area contributed by atoms with Crippen LogP contribution in [0.25, 0.3) is 0 Å². The maximum absolute atomic E-state index is 12.6. The number of amides is 2. The number of ether oxygens (including phenoxy) is 2. The molecule has 2 aliphatic heterocycles. The zero-order chi connectivity index (χ0) is 36.3. The monoisotopic (exact) mass is 716 g/mol. The van der Waals surface area contributed by atoms with Crippen molar-refractivity contribution in [1.82, 2.24) is 10.3 Å². The second-order valence-corrected chi connectivity index (χ2v) is 20.7. The first-order valence-corrected chi connectivity index (χ1v) is 19.4. The number of nitrogens with one attached hydrogen (secondary N) is 2. The number of anilines is 2. The molecule has 0 saturated carbocycles. The Hall–Kier alpha value is -2.82. The van der Waals surface area contributed by atoms with E-state index in [4.69, 9.17) is 18.5 Å². The first-order chi connectivity index (χ1) is 21.9. The Morgan fingerprint density at radius 3 is 1.54 bits per heavy atom. The summed E-state index contributed by atoms with van der Waals surface area (Å²) in [5.41, 5.74) is 0.907. The highest BCUT2D eigenvalue weighted by molar-refractivity contribution is 7.93. The van der Waals surface area contributed by atoms with Gasteiger partial charge in [-0.1, -0.05) is 51.9 Å². The zero-order valence-corrected chi connectivity index (χ0v) is 31.4. The summed E-state index contributed by atoms with van der Waals surface area (Å²) in [5, 5.41) is 12.9. The molecule has 14 nitrogen and oxygen atoms in total. The van der Waals surface area contributed by atoms with Gasteiger partial charge in [0.2, 0.25) is 23.6 Å². The smallest absolute Gasteiger partial charge is 0.247 e. The second kappa shape index (κ2) is 14.6. The number of rotatable bonds is 10. The third kappa shape index (κ3) is 9.66. The Morgan fingerprint density at radius 2 is 1.19 bits per heavy atom. The summed E-state index contributed by atoms with van der Waals surface area (Å²) in [6.45, 7) is 19.0. The fourth-order valence-electron chi connectivity index (χ4n) is 4.64. The van der Waals surface area contributed by atoms with E-state index in [1.807, 2.05) is 41.5 Å². The van der Waals surface area contributed by atoms with Crippen LogP contribution in [0.15, 0.2) is 21.2 Å². The van der Waals surface area contributed by atoms with E-state index in [1.54, 1.807) is 12.1 Å². The van der Waals surface area contributed by atoms with E-state index in [2.05, 4.69) is 20.9 Å². The molecule has 2 aliphatic rings. The predicted molar refractivity (Wildman–Crippen MR) is 181 cm³/mol. The number of carbonyl (C=O) groups is 2. The van der Waals surface area contributed by atoms with Crippen molar-refractivity contribution in [3.05, 3.63) is 23.5 Å². The summed E-state index contributed by atoms with van der Waals surface area (Å²) in [7, 11) is -7.32. The van der Waals surface area contributed by atoms with E-state index in [0.717, 1.165) is 6.42 Å². The molecule has 4 heterocycles. The first-order valence-electron chi connectivity index (χ1n) is 16.1. The Bertz CT molecular complexity index is 1510. The van der Waals surface area contributed by atoms with Crippen LogP contribution in [0, 0.1) is 5.92 Å². The molecule has 2 amide bonds. The molecule has 2 unspecified atom stereocenters. The maximum Gasteiger partial charge on any atom is 0.247 e. The standard InChI is InChI=1S/2C16H26N2O5S/c1-15(2,3)12-8-13(23-18-12)17-14(19)16(4,5)24(20,21)10-11-6-7-22-9-11;1-15(2,3)12-9-13(23-18-12)17-14(19)16(4,5)24(20,21)10-11-7-6-8-22-11/h8,11H,6-7,9-10H2,1-5H3,(H,17,19);9,11H,6-8,10H2,1-5H3,(H,17,19). The van der Waals surface area contributed by atoms with Crippen LogP contribution >= 0.6 is 0 Å². The molecule has 48 heavy (non-hydrogen) atoms. The van der Waals surface area contributed by atoms with E-state index < -0.39 is 41.0 Å². The molecule has 16 heteroatoms. The SMILES string of the molecule is CC(C)(C)c1cc(NC(=O)C(C)(C)S(=O)(=O)CC2CCCO2)on1.CC(C)(C)c1cc(NC(=O)C(C)(C)S(=O)(=O)CC2CCOC2)on1. The van der Waals surface area contributed by atoms with Gasteiger partial charge in [-0.3, -0.25) is 20.2 Å². The Balaban J connectivity index is 0.000000260. The lowest BCUT2D eigenvalue weighted by Crippen LogP contribution is -2.47. The average Bonchev–Trinajstić information content (AvgIpc) is 3.76. The number of nitrogens with zero attached hydrogens (tertiary/aromatic N) is 2. The van der Waals surface area contributed by atoms with E-state index in [9.17, 15) is 26.4 Å². The average molecular weight is 717 g/mol. The summed E-state index contributed by atoms with van der Waals surface area (Å²) in [6.07, 6.45) is 1.92. The first kappa shape index (κ1) is 39.6. The minimum absolute atomic E-state index is 0.0557. The van der Waals surface area contributed by atoms with Gasteiger partial charge in [0.15, 0.2) is 19.7 Å². The van der Waals surface area contributed by atoms with Crippen molar-refractivity contribution in [1.29, 1.82) is 0 Å². The Morgan fingerprint density at radius 1 is 0.729 bits per heavy atom. The summed E-state index contributed by atoms with van der Waals surface area (Å²) in [4.78, 5) is 25.0. The molecule has 0 aromatic carbocycles. The van der Waals surface area contributed by atoms with Crippen LogP contribution in [-0.4, -0.2) is 85.9 Å². The van der Waals surface area contributed by atoms with E-state index in [1.165, 1.54) is 27.7 Å². The number of hydrogen-bond donors (Lipinski definition) is 2. The fourth-order valence-corrected chi connectivity index (χ4v) is 7.78. The van der Waals surface area contributed by atoms with Crippen molar-refractivity contribution in [2.45, 2.75) is 115 Å². The highest BCUT2D eigenvalue weighted by Gasteiger charge is 2.45. The van der Waals surface area contributed by atoms with Gasteiger partial charge in [0.25, 0.3) is 0 Å². The van der Waals surface area contributed by atoms with Gasteiger partial charge >= 0.3 is 0 Å². The number of hydrogen-bond acceptors (Lipinski definition) is 12. The summed E-state index contributed by atoms with van der Waals surface area (Å²) in [6, 6.07) is 3.23. The largest absolute Gasteiger partial charge is 0.381 e. The van der Waals surface area contributed by atoms with Crippen LogP contribution in [0.1, 0.15) is 99.9 Å². The molecule has 2 aromatic heterocycles. The van der Waals surface area contributed by atoms with Gasteiger partial charge in [0, 0.05) is 36.2 Å². The van der Waals surface area contributed by atoms with Crippen molar-refractivity contribution in [2.24, 2.45) is 5.92 Å². The molecule has 0 spiro atoms. The quantitative estimate of drug-likeness (QED) is 0.352. The van der Waals surface area contributed by atoms with Crippen molar-refractivity contribution in [2.75, 3.05) is 42.0 Å². The van der Waals surface area contributed by atoms with Gasteiger partial charge in [0.05, 0.1) is 35.6 Å². The molecule has 2 saturated heterocycles. The molecule has 2 N–H and O–H groups in total. The lowest BCUT2D eigenvalue weighted by Gasteiger charge is -2.24. The molecule has 0 bridgehead atoms. The van der Waals surface area contributed by atoms with Crippen molar-refractivity contribution >= 4 is 43.3 Å². The van der Waals surface area contributed by atoms with Gasteiger partial charge in [-0.2, -0.15) is 0 Å². The van der Waals surface area contributed by atoms with E-state index in [-0.39, 0.29) is 46.1 Å². The molecule has 2 fully saturated rings. The van der Waals surface area contributed by atoms with Gasteiger partial charge < -0.3 is 18.5 Å². The zero-order valence-electron chi connectivity index (χ0n) is 29.8. The van der Waals surface area contributed by atoms with Gasteiger partial charge in [-0.25, -0.2) is 16.8 Å². The Kier molecular flexibility index (Phi) is 12.0. The minimum atomic E-state index is -3.68. The molecule has 2 aromatic rings.